The SMILES string of the molecule is CCc1ccccc1NC(=O)C1(C)CC2(C)CC(C)(C1)C(=O)N(C)C2=O. The van der Waals surface area contributed by atoms with Crippen LogP contribution in [0.4, 0.5) is 5.69 Å². The Hall–Kier alpha value is -2.17. The molecule has 1 heterocycles. The molecule has 5 heteroatoms. The Bertz CT molecular complexity index is 757. The van der Waals surface area contributed by atoms with E-state index in [2.05, 4.69) is 5.32 Å². The number of hydrogen-bond donors (Lipinski definition) is 1. The molecule has 1 aromatic carbocycles. The number of rotatable bonds is 3. The predicted molar refractivity (Wildman–Crippen MR) is 100 cm³/mol. The van der Waals surface area contributed by atoms with Crippen LogP contribution in [0.5, 0.6) is 0 Å². The third-order valence-corrected chi connectivity index (χ3v) is 6.18. The molecule has 0 aromatic heterocycles. The zero-order chi connectivity index (χ0) is 19.3. The minimum Gasteiger partial charge on any atom is -0.325 e. The lowest BCUT2D eigenvalue weighted by atomic mass is 9.51. The summed E-state index contributed by atoms with van der Waals surface area (Å²) in [5.41, 5.74) is -0.264. The summed E-state index contributed by atoms with van der Waals surface area (Å²) in [6.45, 7) is 7.72. The number of imide groups is 1. The molecule has 5 nitrogen and oxygen atoms in total. The minimum absolute atomic E-state index is 0.110. The topological polar surface area (TPSA) is 66.5 Å². The average molecular weight is 356 g/mol. The van der Waals surface area contributed by atoms with Crippen LogP contribution in [-0.4, -0.2) is 29.7 Å². The molecule has 0 radical (unpaired) electrons. The summed E-state index contributed by atoms with van der Waals surface area (Å²) < 4.78 is 0. The molecular weight excluding hydrogens is 328 g/mol. The molecule has 26 heavy (non-hydrogen) atoms. The van der Waals surface area contributed by atoms with Crippen LogP contribution in [0.25, 0.3) is 0 Å². The smallest absolute Gasteiger partial charge is 0.234 e. The first-order valence-electron chi connectivity index (χ1n) is 9.27. The highest BCUT2D eigenvalue weighted by molar-refractivity contribution is 6.05. The van der Waals surface area contributed by atoms with Crippen molar-refractivity contribution >= 4 is 23.4 Å². The molecule has 2 aliphatic rings. The van der Waals surface area contributed by atoms with E-state index in [9.17, 15) is 14.4 Å². The summed E-state index contributed by atoms with van der Waals surface area (Å²) in [4.78, 5) is 40.0. The second-order valence-electron chi connectivity index (χ2n) is 8.85. The third-order valence-electron chi connectivity index (χ3n) is 6.18. The van der Waals surface area contributed by atoms with Crippen LogP contribution in [0.1, 0.15) is 52.5 Å². The van der Waals surface area contributed by atoms with Gasteiger partial charge >= 0.3 is 0 Å². The quantitative estimate of drug-likeness (QED) is 0.844. The molecule has 140 valence electrons. The van der Waals surface area contributed by atoms with Crippen LogP contribution in [-0.2, 0) is 20.8 Å². The fourth-order valence-electron chi connectivity index (χ4n) is 5.36. The number of hydrogen-bond acceptors (Lipinski definition) is 3. The maximum atomic E-state index is 13.2. The predicted octanol–water partition coefficient (Wildman–Crippen LogP) is 3.39. The van der Waals surface area contributed by atoms with Crippen molar-refractivity contribution in [1.29, 1.82) is 0 Å². The van der Waals surface area contributed by atoms with Gasteiger partial charge in [-0.05, 0) is 37.3 Å². The van der Waals surface area contributed by atoms with Gasteiger partial charge in [-0.2, -0.15) is 0 Å². The van der Waals surface area contributed by atoms with E-state index < -0.39 is 16.2 Å². The molecule has 0 spiro atoms. The first-order chi connectivity index (χ1) is 12.0. The van der Waals surface area contributed by atoms with Crippen molar-refractivity contribution in [3.8, 4) is 0 Å². The number of amides is 3. The van der Waals surface area contributed by atoms with Crippen LogP contribution in [0.2, 0.25) is 0 Å². The number of anilines is 1. The van der Waals surface area contributed by atoms with Gasteiger partial charge in [-0.25, -0.2) is 0 Å². The number of nitrogens with zero attached hydrogens (tertiary/aromatic N) is 1. The van der Waals surface area contributed by atoms with Crippen LogP contribution in [0.15, 0.2) is 24.3 Å². The van der Waals surface area contributed by atoms with Crippen LogP contribution < -0.4 is 5.32 Å². The van der Waals surface area contributed by atoms with Crippen molar-refractivity contribution in [3.05, 3.63) is 29.8 Å². The first kappa shape index (κ1) is 18.6. The highest BCUT2D eigenvalue weighted by Gasteiger charge is 2.62. The van der Waals surface area contributed by atoms with Crippen LogP contribution in [0, 0.1) is 16.2 Å². The van der Waals surface area contributed by atoms with Crippen molar-refractivity contribution < 1.29 is 14.4 Å². The number of aryl methyl sites for hydroxylation is 1. The monoisotopic (exact) mass is 356 g/mol. The standard InChI is InChI=1S/C21H28N2O3/c1-6-14-9-7-8-10-15(14)22-16(24)19(2)11-20(3)13-21(4,12-19)18(26)23(5)17(20)25/h7-10H,6,11-13H2,1-5H3,(H,22,24). The highest BCUT2D eigenvalue weighted by Crippen LogP contribution is 2.58. The normalized spacial score (nSPS) is 34.0. The maximum absolute atomic E-state index is 13.2. The van der Waals surface area contributed by atoms with Gasteiger partial charge < -0.3 is 5.32 Å². The zero-order valence-electron chi connectivity index (χ0n) is 16.3. The van der Waals surface area contributed by atoms with E-state index >= 15 is 0 Å². The second kappa shape index (κ2) is 5.93. The second-order valence-corrected chi connectivity index (χ2v) is 8.85. The Kier molecular flexibility index (Phi) is 4.25. The average Bonchev–Trinajstić information content (AvgIpc) is 2.58. The summed E-state index contributed by atoms with van der Waals surface area (Å²) in [7, 11) is 1.56. The molecule has 2 unspecified atom stereocenters. The van der Waals surface area contributed by atoms with Crippen LogP contribution >= 0.6 is 0 Å². The van der Waals surface area contributed by atoms with Crippen molar-refractivity contribution in [2.24, 2.45) is 16.2 Å². The first-order valence-corrected chi connectivity index (χ1v) is 9.27. The molecule has 1 aliphatic carbocycles. The van der Waals surface area contributed by atoms with Gasteiger partial charge in [0.2, 0.25) is 17.7 Å². The Morgan fingerprint density at radius 1 is 1.04 bits per heavy atom. The van der Waals surface area contributed by atoms with E-state index in [4.69, 9.17) is 0 Å². The Morgan fingerprint density at radius 3 is 2.12 bits per heavy atom. The number of para-hydroxylation sites is 1. The van der Waals surface area contributed by atoms with E-state index in [0.717, 1.165) is 17.7 Å². The molecular formula is C21H28N2O3. The molecule has 1 N–H and O–H groups in total. The van der Waals surface area contributed by atoms with Gasteiger partial charge in [0, 0.05) is 29.0 Å². The minimum atomic E-state index is -0.769. The maximum Gasteiger partial charge on any atom is 0.234 e. The number of fused-ring (bicyclic) bond motifs is 2. The lowest BCUT2D eigenvalue weighted by Crippen LogP contribution is -2.63. The molecule has 3 rings (SSSR count). The molecule has 1 saturated heterocycles. The molecule has 2 atom stereocenters. The summed E-state index contributed by atoms with van der Waals surface area (Å²) in [5.74, 6) is -0.457. The molecule has 1 aliphatic heterocycles. The molecule has 1 aromatic rings. The van der Waals surface area contributed by atoms with E-state index in [1.54, 1.807) is 7.05 Å². The molecule has 2 fully saturated rings. The highest BCUT2D eigenvalue weighted by atomic mass is 16.2. The number of carbonyl (C=O) groups is 3. The van der Waals surface area contributed by atoms with E-state index in [1.807, 2.05) is 52.0 Å². The van der Waals surface area contributed by atoms with Gasteiger partial charge in [0.25, 0.3) is 0 Å². The number of likely N-dealkylation sites (tertiary alicyclic amines) is 1. The number of benzene rings is 1. The van der Waals surface area contributed by atoms with Crippen molar-refractivity contribution in [2.45, 2.75) is 53.4 Å². The third kappa shape index (κ3) is 2.74. The summed E-state index contributed by atoms with van der Waals surface area (Å²) in [5, 5.41) is 3.06. The van der Waals surface area contributed by atoms with E-state index in [1.165, 1.54) is 4.90 Å². The molecule has 3 amide bonds. The summed E-state index contributed by atoms with van der Waals surface area (Å²) in [6.07, 6.45) is 2.24. The summed E-state index contributed by atoms with van der Waals surface area (Å²) in [6, 6.07) is 7.75. The lowest BCUT2D eigenvalue weighted by Gasteiger charge is -2.55. The number of piperidine rings is 1. The Labute approximate surface area is 155 Å². The zero-order valence-corrected chi connectivity index (χ0v) is 16.3. The largest absolute Gasteiger partial charge is 0.325 e. The fraction of sp³-hybridized carbons (Fsp3) is 0.571. The lowest BCUT2D eigenvalue weighted by molar-refractivity contribution is -0.177. The van der Waals surface area contributed by atoms with Gasteiger partial charge in [-0.15, -0.1) is 0 Å². The Morgan fingerprint density at radius 2 is 1.58 bits per heavy atom. The molecule has 2 bridgehead atoms. The van der Waals surface area contributed by atoms with Crippen LogP contribution in [0.3, 0.4) is 0 Å². The van der Waals surface area contributed by atoms with Gasteiger partial charge in [0.15, 0.2) is 0 Å². The van der Waals surface area contributed by atoms with E-state index in [-0.39, 0.29) is 17.7 Å². The number of carbonyl (C=O) groups excluding carboxylic acids is 3. The van der Waals surface area contributed by atoms with Gasteiger partial charge in [0.05, 0.1) is 0 Å². The van der Waals surface area contributed by atoms with Gasteiger partial charge in [0.1, 0.15) is 0 Å². The van der Waals surface area contributed by atoms with E-state index in [0.29, 0.717) is 19.3 Å². The Balaban J connectivity index is 1.94. The van der Waals surface area contributed by atoms with Crippen molar-refractivity contribution in [2.75, 3.05) is 12.4 Å². The van der Waals surface area contributed by atoms with Gasteiger partial charge in [-0.3, -0.25) is 19.3 Å². The van der Waals surface area contributed by atoms with Crippen molar-refractivity contribution in [1.82, 2.24) is 4.90 Å². The molecule has 1 saturated carbocycles. The summed E-state index contributed by atoms with van der Waals surface area (Å²) >= 11 is 0. The number of nitrogens with one attached hydrogen (secondary N) is 1. The fourth-order valence-corrected chi connectivity index (χ4v) is 5.36. The van der Waals surface area contributed by atoms with Gasteiger partial charge in [-0.1, -0.05) is 45.9 Å². The van der Waals surface area contributed by atoms with Crippen molar-refractivity contribution in [3.63, 3.8) is 0 Å².